The van der Waals surface area contributed by atoms with Crippen molar-refractivity contribution >= 4 is 38.6 Å². The van der Waals surface area contributed by atoms with E-state index in [9.17, 15) is 8.42 Å². The van der Waals surface area contributed by atoms with Crippen molar-refractivity contribution in [1.29, 1.82) is 0 Å². The fourth-order valence-corrected chi connectivity index (χ4v) is 5.23. The van der Waals surface area contributed by atoms with Crippen LogP contribution in [0.2, 0.25) is 0 Å². The second-order valence-corrected chi connectivity index (χ2v) is 9.15. The van der Waals surface area contributed by atoms with Crippen molar-refractivity contribution in [1.82, 2.24) is 9.62 Å². The Morgan fingerprint density at radius 3 is 2.52 bits per heavy atom. The number of rotatable bonds is 6. The van der Waals surface area contributed by atoms with Gasteiger partial charge in [-0.15, -0.1) is 11.3 Å². The summed E-state index contributed by atoms with van der Waals surface area (Å²) in [7, 11) is 0.514. The maximum absolute atomic E-state index is 12.4. The van der Waals surface area contributed by atoms with E-state index in [1.807, 2.05) is 14.1 Å². The van der Waals surface area contributed by atoms with Gasteiger partial charge in [-0.2, -0.15) is 0 Å². The van der Waals surface area contributed by atoms with Crippen LogP contribution in [0, 0.1) is 0 Å². The standard InChI is InChI=1S/C13H21N3O2S3/c1-16(2)13(7-3-4-8-13)9-15-21(17,18)11-6-5-10(20-11)12(14)19/h5-6,15H,3-4,7-9H2,1-2H3,(H2,14,19). The number of sulfonamides is 1. The summed E-state index contributed by atoms with van der Waals surface area (Å²) < 4.78 is 27.8. The lowest BCUT2D eigenvalue weighted by Crippen LogP contribution is -2.50. The van der Waals surface area contributed by atoms with Gasteiger partial charge in [-0.3, -0.25) is 0 Å². The molecule has 1 aromatic rings. The van der Waals surface area contributed by atoms with E-state index in [1.54, 1.807) is 12.1 Å². The van der Waals surface area contributed by atoms with Crippen molar-refractivity contribution in [3.8, 4) is 0 Å². The van der Waals surface area contributed by atoms with Crippen LogP contribution in [-0.2, 0) is 10.0 Å². The van der Waals surface area contributed by atoms with Gasteiger partial charge in [-0.25, -0.2) is 13.1 Å². The SMILES string of the molecule is CN(C)C1(CNS(=O)(=O)c2ccc(C(N)=S)s2)CCCC1. The van der Waals surface area contributed by atoms with Crippen molar-refractivity contribution in [2.45, 2.75) is 35.4 Å². The molecule has 2 rings (SSSR count). The summed E-state index contributed by atoms with van der Waals surface area (Å²) in [6, 6.07) is 3.21. The second-order valence-electron chi connectivity index (χ2n) is 5.63. The highest BCUT2D eigenvalue weighted by molar-refractivity contribution is 7.91. The molecule has 1 heterocycles. The van der Waals surface area contributed by atoms with Crippen LogP contribution in [0.25, 0.3) is 0 Å². The van der Waals surface area contributed by atoms with E-state index in [4.69, 9.17) is 18.0 Å². The quantitative estimate of drug-likeness (QED) is 0.764. The molecule has 1 saturated carbocycles. The van der Waals surface area contributed by atoms with Crippen molar-refractivity contribution in [3.05, 3.63) is 17.0 Å². The largest absolute Gasteiger partial charge is 0.389 e. The van der Waals surface area contributed by atoms with E-state index in [0.717, 1.165) is 37.0 Å². The smallest absolute Gasteiger partial charge is 0.250 e. The summed E-state index contributed by atoms with van der Waals surface area (Å²) in [5.41, 5.74) is 5.45. The lowest BCUT2D eigenvalue weighted by atomic mass is 9.97. The summed E-state index contributed by atoms with van der Waals surface area (Å²) in [5.74, 6) is 0. The molecule has 0 aromatic carbocycles. The third-order valence-corrected chi connectivity index (χ3v) is 7.52. The summed E-state index contributed by atoms with van der Waals surface area (Å²) >= 11 is 5.98. The zero-order chi connectivity index (χ0) is 15.7. The van der Waals surface area contributed by atoms with E-state index >= 15 is 0 Å². The van der Waals surface area contributed by atoms with Gasteiger partial charge in [0.05, 0.1) is 4.88 Å². The number of nitrogens with zero attached hydrogens (tertiary/aromatic N) is 1. The molecule has 0 saturated heterocycles. The van der Waals surface area contributed by atoms with Gasteiger partial charge in [0.1, 0.15) is 9.20 Å². The normalized spacial score (nSPS) is 18.2. The fourth-order valence-electron chi connectivity index (χ4n) is 2.71. The average molecular weight is 348 g/mol. The minimum Gasteiger partial charge on any atom is -0.389 e. The van der Waals surface area contributed by atoms with Crippen LogP contribution in [0.4, 0.5) is 0 Å². The first kappa shape index (κ1) is 16.8. The summed E-state index contributed by atoms with van der Waals surface area (Å²) in [6.45, 7) is 0.433. The van der Waals surface area contributed by atoms with Crippen molar-refractivity contribution in [3.63, 3.8) is 0 Å². The molecule has 118 valence electrons. The minimum atomic E-state index is -3.51. The molecule has 5 nitrogen and oxygen atoms in total. The van der Waals surface area contributed by atoms with Gasteiger partial charge in [0.25, 0.3) is 0 Å². The number of hydrogen-bond donors (Lipinski definition) is 2. The number of thiophene rings is 1. The molecule has 0 unspecified atom stereocenters. The van der Waals surface area contributed by atoms with Gasteiger partial charge in [0.15, 0.2) is 0 Å². The predicted octanol–water partition coefficient (Wildman–Crippen LogP) is 1.53. The molecule has 1 aliphatic rings. The molecular weight excluding hydrogens is 326 g/mol. The zero-order valence-corrected chi connectivity index (χ0v) is 14.7. The zero-order valence-electron chi connectivity index (χ0n) is 12.3. The monoisotopic (exact) mass is 347 g/mol. The summed E-state index contributed by atoms with van der Waals surface area (Å²) in [6.07, 6.45) is 4.32. The van der Waals surface area contributed by atoms with Gasteiger partial charge in [0.2, 0.25) is 10.0 Å². The van der Waals surface area contributed by atoms with Crippen LogP contribution in [0.5, 0.6) is 0 Å². The highest BCUT2D eigenvalue weighted by Gasteiger charge is 2.37. The molecular formula is C13H21N3O2S3. The van der Waals surface area contributed by atoms with Crippen molar-refractivity contribution in [2.75, 3.05) is 20.6 Å². The van der Waals surface area contributed by atoms with E-state index in [0.29, 0.717) is 11.4 Å². The lowest BCUT2D eigenvalue weighted by Gasteiger charge is -2.36. The Labute approximate surface area is 135 Å². The second kappa shape index (κ2) is 6.29. The number of nitrogens with two attached hydrogens (primary N) is 1. The Balaban J connectivity index is 2.12. The lowest BCUT2D eigenvalue weighted by molar-refractivity contribution is 0.162. The molecule has 1 aromatic heterocycles. The Morgan fingerprint density at radius 2 is 2.05 bits per heavy atom. The Hall–Kier alpha value is -0.540. The summed E-state index contributed by atoms with van der Waals surface area (Å²) in [5, 5.41) is 0. The highest BCUT2D eigenvalue weighted by atomic mass is 32.2. The molecule has 0 aliphatic heterocycles. The van der Waals surface area contributed by atoms with Crippen LogP contribution in [0.15, 0.2) is 16.3 Å². The fraction of sp³-hybridized carbons (Fsp3) is 0.615. The third kappa shape index (κ3) is 3.62. The number of thiocarbonyl (C=S) groups is 1. The molecule has 8 heteroatoms. The van der Waals surface area contributed by atoms with E-state index in [1.165, 1.54) is 0 Å². The van der Waals surface area contributed by atoms with Crippen LogP contribution in [0.1, 0.15) is 30.6 Å². The average Bonchev–Trinajstić information content (AvgIpc) is 3.07. The van der Waals surface area contributed by atoms with Crippen LogP contribution >= 0.6 is 23.6 Å². The van der Waals surface area contributed by atoms with Crippen molar-refractivity contribution < 1.29 is 8.42 Å². The Kier molecular flexibility index (Phi) is 5.04. The number of likely N-dealkylation sites (N-methyl/N-ethyl adjacent to an activating group) is 1. The number of hydrogen-bond acceptors (Lipinski definition) is 5. The number of nitrogens with one attached hydrogen (secondary N) is 1. The maximum atomic E-state index is 12.4. The van der Waals surface area contributed by atoms with Crippen LogP contribution in [0.3, 0.4) is 0 Å². The molecule has 0 bridgehead atoms. The van der Waals surface area contributed by atoms with Gasteiger partial charge in [-0.05, 0) is 39.1 Å². The molecule has 0 atom stereocenters. The third-order valence-electron chi connectivity index (χ3n) is 4.16. The van der Waals surface area contributed by atoms with Gasteiger partial charge < -0.3 is 10.6 Å². The molecule has 0 spiro atoms. The van der Waals surface area contributed by atoms with Gasteiger partial charge in [0, 0.05) is 12.1 Å². The predicted molar refractivity (Wildman–Crippen MR) is 90.3 cm³/mol. The molecule has 3 N–H and O–H groups in total. The first-order chi connectivity index (χ1) is 9.77. The van der Waals surface area contributed by atoms with Crippen LogP contribution < -0.4 is 10.5 Å². The molecule has 0 amide bonds. The van der Waals surface area contributed by atoms with Crippen LogP contribution in [-0.4, -0.2) is 44.5 Å². The van der Waals surface area contributed by atoms with Gasteiger partial charge >= 0.3 is 0 Å². The molecule has 1 fully saturated rings. The van der Waals surface area contributed by atoms with Gasteiger partial charge in [-0.1, -0.05) is 25.1 Å². The van der Waals surface area contributed by atoms with E-state index in [2.05, 4.69) is 9.62 Å². The molecule has 1 aliphatic carbocycles. The molecule has 0 radical (unpaired) electrons. The topological polar surface area (TPSA) is 75.4 Å². The first-order valence-corrected chi connectivity index (χ1v) is 9.54. The van der Waals surface area contributed by atoms with E-state index in [-0.39, 0.29) is 14.7 Å². The minimum absolute atomic E-state index is 0.0731. The first-order valence-electron chi connectivity index (χ1n) is 6.84. The van der Waals surface area contributed by atoms with E-state index < -0.39 is 10.0 Å². The summed E-state index contributed by atoms with van der Waals surface area (Å²) in [4.78, 5) is 2.98. The highest BCUT2D eigenvalue weighted by Crippen LogP contribution is 2.33. The van der Waals surface area contributed by atoms with Crippen molar-refractivity contribution in [2.24, 2.45) is 5.73 Å². The Bertz CT molecular complexity index is 616. The Morgan fingerprint density at radius 1 is 1.43 bits per heavy atom. The maximum Gasteiger partial charge on any atom is 0.250 e. The molecule has 21 heavy (non-hydrogen) atoms.